The van der Waals surface area contributed by atoms with Crippen LogP contribution in [0.1, 0.15) is 54.9 Å². The molecule has 16 heteroatoms. The second-order valence-electron chi connectivity index (χ2n) is 8.61. The van der Waals surface area contributed by atoms with E-state index in [0.29, 0.717) is 42.4 Å². The van der Waals surface area contributed by atoms with Gasteiger partial charge >= 0.3 is 17.9 Å². The number of halogens is 3. The zero-order valence-electron chi connectivity index (χ0n) is 31.6. The Kier molecular flexibility index (Phi) is 56.3. The summed E-state index contributed by atoms with van der Waals surface area (Å²) in [4.78, 5) is 31.9. The van der Waals surface area contributed by atoms with Crippen molar-refractivity contribution in [3.8, 4) is 17.2 Å². The summed E-state index contributed by atoms with van der Waals surface area (Å²) in [5.41, 5.74) is 0. The quantitative estimate of drug-likeness (QED) is 0.0775. The Morgan fingerprint density at radius 2 is 0.830 bits per heavy atom. The lowest BCUT2D eigenvalue weighted by Crippen LogP contribution is -2.14. The fourth-order valence-electron chi connectivity index (χ4n) is 2.35. The minimum absolute atomic E-state index is 0.0299. The van der Waals surface area contributed by atoms with Crippen LogP contribution in [-0.4, -0.2) is 89.0 Å². The van der Waals surface area contributed by atoms with Crippen LogP contribution in [0.15, 0.2) is 91.0 Å². The van der Waals surface area contributed by atoms with E-state index in [0.717, 1.165) is 0 Å². The molecule has 3 aromatic rings. The van der Waals surface area contributed by atoms with Crippen molar-refractivity contribution >= 4 is 64.4 Å². The highest BCUT2D eigenvalue weighted by atomic mass is 79.9. The highest BCUT2D eigenvalue weighted by Crippen LogP contribution is 2.08. The molecule has 0 spiro atoms. The predicted molar refractivity (Wildman–Crippen MR) is 217 cm³/mol. The van der Waals surface area contributed by atoms with E-state index < -0.39 is 9.23 Å². The van der Waals surface area contributed by atoms with Crippen molar-refractivity contribution in [3.05, 3.63) is 91.0 Å². The van der Waals surface area contributed by atoms with Gasteiger partial charge in [0.05, 0.1) is 19.8 Å². The van der Waals surface area contributed by atoms with Gasteiger partial charge in [-0.3, -0.25) is 4.79 Å². The number of hydrogen-bond acceptors (Lipinski definition) is 12. The summed E-state index contributed by atoms with van der Waals surface area (Å²) in [6.07, 6.45) is 1.25. The third kappa shape index (κ3) is 61.0. The summed E-state index contributed by atoms with van der Waals surface area (Å²) >= 11 is 2.94. The second kappa shape index (κ2) is 50.7. The van der Waals surface area contributed by atoms with E-state index in [2.05, 4.69) is 55.9 Å². The molecule has 0 unspecified atom stereocenters. The molecule has 3 rings (SSSR count). The molecule has 0 aliphatic rings. The van der Waals surface area contributed by atoms with Crippen LogP contribution in [0.3, 0.4) is 0 Å². The van der Waals surface area contributed by atoms with Crippen LogP contribution in [-0.2, 0) is 37.8 Å². The van der Waals surface area contributed by atoms with Gasteiger partial charge < -0.3 is 39.0 Å². The molecule has 0 aliphatic carbocycles. The molecule has 12 nitrogen and oxygen atoms in total. The molecule has 0 atom stereocenters. The molecule has 0 saturated carbocycles. The zero-order valence-corrected chi connectivity index (χ0v) is 35.5. The number of aliphatic hydroxyl groups is 2. The van der Waals surface area contributed by atoms with Crippen molar-refractivity contribution in [2.24, 2.45) is 0 Å². The fourth-order valence-corrected chi connectivity index (χ4v) is 2.51. The average Bonchev–Trinajstić information content (AvgIpc) is 3.13. The van der Waals surface area contributed by atoms with Crippen molar-refractivity contribution < 1.29 is 57.6 Å². The molecule has 0 bridgehead atoms. The third-order valence-electron chi connectivity index (χ3n) is 3.98. The Labute approximate surface area is 335 Å². The fraction of sp³-hybridized carbons (Fsp3) is 0.432. The Morgan fingerprint density at radius 3 is 1.02 bits per heavy atom. The first-order chi connectivity index (χ1) is 25.3. The smallest absolute Gasteiger partial charge is 0.344 e. The van der Waals surface area contributed by atoms with Gasteiger partial charge in [0.2, 0.25) is 9.23 Å². The van der Waals surface area contributed by atoms with E-state index in [1.807, 2.05) is 42.5 Å². The first-order valence-electron chi connectivity index (χ1n) is 16.4. The van der Waals surface area contributed by atoms with Crippen LogP contribution < -0.4 is 9.47 Å². The number of alkyl halides is 1. The number of phenols is 1. The van der Waals surface area contributed by atoms with Gasteiger partial charge in [-0.2, -0.15) is 0 Å². The molecular weight excluding hydrogens is 819 g/mol. The Balaban J connectivity index is -0.000000178. The predicted octanol–water partition coefficient (Wildman–Crippen LogP) is 8.05. The lowest BCUT2D eigenvalue weighted by atomic mass is 10.3. The minimum atomic E-state index is -1.67. The van der Waals surface area contributed by atoms with Crippen LogP contribution in [0.25, 0.3) is 0 Å². The lowest BCUT2D eigenvalue weighted by Gasteiger charge is -2.04. The highest BCUT2D eigenvalue weighted by Gasteiger charge is 2.02. The molecule has 0 radical (unpaired) electrons. The van der Waals surface area contributed by atoms with E-state index >= 15 is 0 Å². The molecule has 0 amide bonds. The number of carbonyl (C=O) groups excluding carboxylic acids is 3. The summed E-state index contributed by atoms with van der Waals surface area (Å²) in [7, 11) is 7.36. The average molecular weight is 877 g/mol. The van der Waals surface area contributed by atoms with Gasteiger partial charge in [-0.05, 0) is 71.0 Å². The monoisotopic (exact) mass is 874 g/mol. The molecule has 53 heavy (non-hydrogen) atoms. The van der Waals surface area contributed by atoms with E-state index in [-0.39, 0.29) is 44.3 Å². The number of rotatable bonds is 10. The molecule has 304 valence electrons. The van der Waals surface area contributed by atoms with Crippen LogP contribution in [0.4, 0.5) is 0 Å². The second-order valence-corrected chi connectivity index (χ2v) is 11.7. The van der Waals surface area contributed by atoms with Gasteiger partial charge in [0.25, 0.3) is 0 Å². The number of para-hydroxylation sites is 3. The number of aliphatic hydroxyl groups excluding tert-OH is 2. The van der Waals surface area contributed by atoms with Crippen LogP contribution in [0.2, 0.25) is 0 Å². The molecule has 3 N–H and O–H groups in total. The van der Waals surface area contributed by atoms with E-state index in [4.69, 9.17) is 38.5 Å². The standard InChI is InChI=1S/2C10H12O3.C6H6O.C4H7BrO2.C3H8.2C2H6O.Cl2OS/c2*1-2-12-10(11)8-13-9-6-4-3-5-7-9;7-6-4-2-1-3-5-6;1-2-7-4(6)3-5;1-3-2;2*1-2-3;1-4(2)3/h2*3-7H,2,8H2,1H3;1-5,7H;2-3H2,1H3;3H2,1-2H3;2*3H,2H2,1H3;. The number of ether oxygens (including phenoxy) is 5. The summed E-state index contributed by atoms with van der Waals surface area (Å²) < 4.78 is 33.3. The largest absolute Gasteiger partial charge is 0.508 e. The Hall–Kier alpha value is -3.40. The maximum absolute atomic E-state index is 10.9. The van der Waals surface area contributed by atoms with Gasteiger partial charge in [0.1, 0.15) is 22.6 Å². The van der Waals surface area contributed by atoms with Crippen molar-refractivity contribution in [2.45, 2.75) is 54.9 Å². The molecule has 0 aliphatic heterocycles. The Bertz CT molecular complexity index is 1130. The van der Waals surface area contributed by atoms with Gasteiger partial charge in [-0.15, -0.1) is 0 Å². The van der Waals surface area contributed by atoms with Crippen molar-refractivity contribution in [2.75, 3.05) is 51.6 Å². The molecule has 0 fully saturated rings. The molecule has 0 saturated heterocycles. The number of aromatic hydroxyl groups is 1. The van der Waals surface area contributed by atoms with Gasteiger partial charge in [-0.25, -0.2) is 13.8 Å². The molecular formula is C37H57BrCl2O12S. The minimum Gasteiger partial charge on any atom is -0.508 e. The lowest BCUT2D eigenvalue weighted by molar-refractivity contribution is -0.146. The van der Waals surface area contributed by atoms with Crippen molar-refractivity contribution in [1.82, 2.24) is 0 Å². The van der Waals surface area contributed by atoms with Crippen LogP contribution >= 0.6 is 37.3 Å². The topological polar surface area (TPSA) is 175 Å². The summed E-state index contributed by atoms with van der Waals surface area (Å²) in [6.45, 7) is 14.6. The number of hydrogen-bond donors (Lipinski definition) is 3. The van der Waals surface area contributed by atoms with Gasteiger partial charge in [0, 0.05) is 34.6 Å². The third-order valence-corrected chi connectivity index (χ3v) is 4.44. The molecule has 0 heterocycles. The SMILES string of the molecule is CCC.CCO.CCO.CCOC(=O)CBr.CCOC(=O)COc1ccccc1.CCOC(=O)COc1ccccc1.O=S(Cl)Cl.Oc1ccccc1. The first kappa shape index (κ1) is 58.9. The van der Waals surface area contributed by atoms with Gasteiger partial charge in [-0.1, -0.05) is 90.8 Å². The van der Waals surface area contributed by atoms with Crippen LogP contribution in [0.5, 0.6) is 17.2 Å². The van der Waals surface area contributed by atoms with Crippen molar-refractivity contribution in [1.29, 1.82) is 0 Å². The number of carbonyl (C=O) groups is 3. The molecule has 0 aromatic heterocycles. The normalized spacial score (nSPS) is 8.47. The number of benzene rings is 3. The maximum atomic E-state index is 10.9. The van der Waals surface area contributed by atoms with E-state index in [1.165, 1.54) is 6.42 Å². The maximum Gasteiger partial charge on any atom is 0.344 e. The zero-order chi connectivity index (χ0) is 41.5. The van der Waals surface area contributed by atoms with E-state index in [9.17, 15) is 14.4 Å². The van der Waals surface area contributed by atoms with Gasteiger partial charge in [0.15, 0.2) is 13.2 Å². The van der Waals surface area contributed by atoms with E-state index in [1.54, 1.807) is 83.1 Å². The summed E-state index contributed by atoms with van der Waals surface area (Å²) in [5, 5.41) is 24.1. The summed E-state index contributed by atoms with van der Waals surface area (Å²) in [6, 6.07) is 27.0. The highest BCUT2D eigenvalue weighted by molar-refractivity contribution is 9.09. The number of esters is 3. The molecule has 3 aromatic carbocycles. The number of phenolic OH excluding ortho intramolecular Hbond substituents is 1. The first-order valence-corrected chi connectivity index (χ1v) is 20.3. The van der Waals surface area contributed by atoms with Crippen molar-refractivity contribution in [3.63, 3.8) is 0 Å². The Morgan fingerprint density at radius 1 is 0.585 bits per heavy atom. The summed E-state index contributed by atoms with van der Waals surface area (Å²) in [5.74, 6) is 0.786. The van der Waals surface area contributed by atoms with Crippen LogP contribution in [0, 0.1) is 0 Å².